The lowest BCUT2D eigenvalue weighted by Gasteiger charge is -2.36. The fourth-order valence-electron chi connectivity index (χ4n) is 2.51. The zero-order valence-electron chi connectivity index (χ0n) is 8.05. The van der Waals surface area contributed by atoms with E-state index in [0.717, 1.165) is 18.4 Å². The highest BCUT2D eigenvalue weighted by atomic mass is 16.3. The first-order chi connectivity index (χ1) is 6.24. The molecule has 0 aliphatic heterocycles. The number of ketones is 1. The summed E-state index contributed by atoms with van der Waals surface area (Å²) in [5.74, 6) is 1.28. The van der Waals surface area contributed by atoms with Crippen LogP contribution in [0, 0.1) is 11.8 Å². The molecule has 2 rings (SSSR count). The Morgan fingerprint density at radius 3 is 2.54 bits per heavy atom. The van der Waals surface area contributed by atoms with E-state index >= 15 is 0 Å². The Labute approximate surface area is 78.6 Å². The monoisotopic (exact) mass is 180 g/mol. The van der Waals surface area contributed by atoms with Crippen LogP contribution < -0.4 is 0 Å². The Kier molecular flexibility index (Phi) is 2.24. The smallest absolute Gasteiger partial charge is 0.158 e. The summed E-state index contributed by atoms with van der Waals surface area (Å²) < 4.78 is 0. The van der Waals surface area contributed by atoms with Gasteiger partial charge in [0.15, 0.2) is 5.78 Å². The van der Waals surface area contributed by atoms with E-state index in [1.54, 1.807) is 0 Å². The number of carbonyl (C=O) groups excluding carboxylic acids is 1. The second-order valence-electron chi connectivity index (χ2n) is 4.20. The summed E-state index contributed by atoms with van der Waals surface area (Å²) in [6, 6.07) is 0. The summed E-state index contributed by atoms with van der Waals surface area (Å²) in [7, 11) is 0. The molecular formula is C11H16O2. The fourth-order valence-corrected chi connectivity index (χ4v) is 2.51. The largest absolute Gasteiger partial charge is 0.396 e. The predicted octanol–water partition coefficient (Wildman–Crippen LogP) is 1.68. The number of rotatable bonds is 2. The van der Waals surface area contributed by atoms with Crippen molar-refractivity contribution in [3.05, 3.63) is 11.1 Å². The number of Topliss-reactive ketones (excluding diaryl/α,β-unsaturated/α-hetero) is 1. The van der Waals surface area contributed by atoms with E-state index in [1.165, 1.54) is 12.0 Å². The summed E-state index contributed by atoms with van der Waals surface area (Å²) in [6.45, 7) is 2.23. The van der Waals surface area contributed by atoms with Gasteiger partial charge < -0.3 is 5.11 Å². The lowest BCUT2D eigenvalue weighted by atomic mass is 9.69. The second-order valence-corrected chi connectivity index (χ2v) is 4.20. The first-order valence-corrected chi connectivity index (χ1v) is 5.07. The molecule has 2 aliphatic carbocycles. The van der Waals surface area contributed by atoms with Gasteiger partial charge in [-0.3, -0.25) is 4.79 Å². The van der Waals surface area contributed by atoms with Crippen LogP contribution in [0.2, 0.25) is 0 Å². The lowest BCUT2D eigenvalue weighted by molar-refractivity contribution is -0.114. The second kappa shape index (κ2) is 3.26. The van der Waals surface area contributed by atoms with Crippen LogP contribution in [0.25, 0.3) is 0 Å². The maximum atomic E-state index is 11.3. The van der Waals surface area contributed by atoms with Gasteiger partial charge in [0.2, 0.25) is 0 Å². The Morgan fingerprint density at radius 1 is 1.38 bits per heavy atom. The Bertz CT molecular complexity index is 263. The van der Waals surface area contributed by atoms with E-state index in [9.17, 15) is 4.79 Å². The Morgan fingerprint density at radius 2 is 2.15 bits per heavy atom. The third kappa shape index (κ3) is 1.33. The van der Waals surface area contributed by atoms with E-state index in [2.05, 4.69) is 0 Å². The first kappa shape index (κ1) is 8.95. The van der Waals surface area contributed by atoms with Crippen LogP contribution in [0.3, 0.4) is 0 Å². The van der Waals surface area contributed by atoms with Crippen molar-refractivity contribution in [2.45, 2.75) is 32.6 Å². The number of hydrogen-bond donors (Lipinski definition) is 1. The topological polar surface area (TPSA) is 37.3 Å². The summed E-state index contributed by atoms with van der Waals surface area (Å²) in [6.07, 6.45) is 3.96. The number of hydrogen-bond acceptors (Lipinski definition) is 2. The Balaban J connectivity index is 2.13. The van der Waals surface area contributed by atoms with Crippen molar-refractivity contribution in [3.8, 4) is 0 Å². The molecule has 2 unspecified atom stereocenters. The summed E-state index contributed by atoms with van der Waals surface area (Å²) in [5, 5.41) is 9.06. The van der Waals surface area contributed by atoms with Gasteiger partial charge in [-0.2, -0.15) is 0 Å². The van der Waals surface area contributed by atoms with Crippen LogP contribution in [0.4, 0.5) is 0 Å². The minimum Gasteiger partial charge on any atom is -0.396 e. The van der Waals surface area contributed by atoms with Gasteiger partial charge in [-0.15, -0.1) is 0 Å². The molecule has 0 amide bonds. The minimum atomic E-state index is 0.287. The first-order valence-electron chi connectivity index (χ1n) is 5.07. The number of aliphatic hydroxyl groups is 1. The highest BCUT2D eigenvalue weighted by Crippen LogP contribution is 2.44. The maximum absolute atomic E-state index is 11.3. The average Bonchev–Trinajstić information content (AvgIpc) is 2.35. The van der Waals surface area contributed by atoms with Crippen molar-refractivity contribution < 1.29 is 9.90 Å². The van der Waals surface area contributed by atoms with Crippen molar-refractivity contribution in [1.82, 2.24) is 0 Å². The van der Waals surface area contributed by atoms with E-state index in [-0.39, 0.29) is 6.61 Å². The van der Waals surface area contributed by atoms with E-state index in [0.29, 0.717) is 24.0 Å². The van der Waals surface area contributed by atoms with E-state index in [1.807, 2.05) is 6.92 Å². The molecule has 0 heterocycles. The van der Waals surface area contributed by atoms with Crippen LogP contribution >= 0.6 is 0 Å². The molecule has 2 nitrogen and oxygen atoms in total. The predicted molar refractivity (Wildman–Crippen MR) is 50.2 cm³/mol. The van der Waals surface area contributed by atoms with Gasteiger partial charge >= 0.3 is 0 Å². The standard InChI is InChI=1S/C11H16O2/c1-7-9(4-5-11(7)13)10-3-2-8(10)6-12/h8,10,12H,2-6H2,1H3. The number of aliphatic hydroxyl groups excluding tert-OH is 1. The minimum absolute atomic E-state index is 0.287. The van der Waals surface area contributed by atoms with Gasteiger partial charge in [-0.25, -0.2) is 0 Å². The van der Waals surface area contributed by atoms with E-state index in [4.69, 9.17) is 5.11 Å². The van der Waals surface area contributed by atoms with Crippen molar-refractivity contribution in [2.75, 3.05) is 6.61 Å². The van der Waals surface area contributed by atoms with Crippen LogP contribution in [0.1, 0.15) is 32.6 Å². The molecule has 0 spiro atoms. The number of allylic oxidation sites excluding steroid dienone is 2. The van der Waals surface area contributed by atoms with Crippen LogP contribution in [0.15, 0.2) is 11.1 Å². The van der Waals surface area contributed by atoms with Gasteiger partial charge in [-0.05, 0) is 43.6 Å². The molecule has 0 saturated heterocycles. The van der Waals surface area contributed by atoms with Crippen molar-refractivity contribution >= 4 is 5.78 Å². The van der Waals surface area contributed by atoms with Crippen molar-refractivity contribution in [3.63, 3.8) is 0 Å². The summed E-state index contributed by atoms with van der Waals surface area (Å²) in [5.41, 5.74) is 2.33. The number of carbonyl (C=O) groups is 1. The molecule has 2 atom stereocenters. The molecule has 0 bridgehead atoms. The summed E-state index contributed by atoms with van der Waals surface area (Å²) >= 11 is 0. The Hall–Kier alpha value is -0.630. The highest BCUT2D eigenvalue weighted by Gasteiger charge is 2.36. The highest BCUT2D eigenvalue weighted by molar-refractivity contribution is 5.98. The molecule has 1 N–H and O–H groups in total. The van der Waals surface area contributed by atoms with Gasteiger partial charge in [0.1, 0.15) is 0 Å². The molecule has 1 saturated carbocycles. The fraction of sp³-hybridized carbons (Fsp3) is 0.727. The quantitative estimate of drug-likeness (QED) is 0.702. The van der Waals surface area contributed by atoms with Crippen LogP contribution in [-0.2, 0) is 4.79 Å². The maximum Gasteiger partial charge on any atom is 0.158 e. The molecule has 0 aromatic rings. The molecule has 0 radical (unpaired) electrons. The van der Waals surface area contributed by atoms with Crippen molar-refractivity contribution in [1.29, 1.82) is 0 Å². The SMILES string of the molecule is CC1=C(C2CCC2CO)CCC1=O. The molecular weight excluding hydrogens is 164 g/mol. The molecule has 0 aromatic carbocycles. The molecule has 72 valence electrons. The van der Waals surface area contributed by atoms with Crippen molar-refractivity contribution in [2.24, 2.45) is 11.8 Å². The van der Waals surface area contributed by atoms with Crippen LogP contribution in [-0.4, -0.2) is 17.5 Å². The zero-order valence-corrected chi connectivity index (χ0v) is 8.05. The third-order valence-electron chi connectivity index (χ3n) is 3.62. The molecule has 13 heavy (non-hydrogen) atoms. The lowest BCUT2D eigenvalue weighted by Crippen LogP contribution is -2.30. The van der Waals surface area contributed by atoms with Gasteiger partial charge in [0.05, 0.1) is 0 Å². The van der Waals surface area contributed by atoms with E-state index < -0.39 is 0 Å². The molecule has 2 aliphatic rings. The normalized spacial score (nSPS) is 33.8. The van der Waals surface area contributed by atoms with Gasteiger partial charge in [-0.1, -0.05) is 5.57 Å². The zero-order chi connectivity index (χ0) is 9.42. The van der Waals surface area contributed by atoms with Gasteiger partial charge in [0, 0.05) is 13.0 Å². The summed E-state index contributed by atoms with van der Waals surface area (Å²) in [4.78, 5) is 11.3. The molecule has 1 fully saturated rings. The molecule has 0 aromatic heterocycles. The average molecular weight is 180 g/mol. The van der Waals surface area contributed by atoms with Crippen LogP contribution in [0.5, 0.6) is 0 Å². The van der Waals surface area contributed by atoms with Gasteiger partial charge in [0.25, 0.3) is 0 Å². The third-order valence-corrected chi connectivity index (χ3v) is 3.62. The molecule has 2 heteroatoms.